The van der Waals surface area contributed by atoms with Crippen LogP contribution in [-0.4, -0.2) is 30.9 Å². The minimum Gasteiger partial charge on any atom is -0.492 e. The summed E-state index contributed by atoms with van der Waals surface area (Å²) in [5.74, 6) is 0.769. The summed E-state index contributed by atoms with van der Waals surface area (Å²) in [6.07, 6.45) is 2.91. The zero-order chi connectivity index (χ0) is 16.6. The number of unbranched alkanes of at least 4 members (excludes halogenated alkanes) is 1. The molecule has 0 aliphatic rings. The first-order valence-corrected chi connectivity index (χ1v) is 8.67. The van der Waals surface area contributed by atoms with E-state index in [0.717, 1.165) is 38.1 Å². The van der Waals surface area contributed by atoms with Crippen molar-refractivity contribution < 1.29 is 15.2 Å². The second kappa shape index (κ2) is 9.39. The van der Waals surface area contributed by atoms with Crippen molar-refractivity contribution in [2.45, 2.75) is 58.5 Å². The number of ether oxygens (including phenoxy) is 1. The van der Waals surface area contributed by atoms with Gasteiger partial charge in [-0.3, -0.25) is 0 Å². The van der Waals surface area contributed by atoms with Gasteiger partial charge in [0, 0.05) is 0 Å². The summed E-state index contributed by atoms with van der Waals surface area (Å²) in [6.45, 7) is 10.9. The molecular weight excluding hydrogens is 298 g/mol. The summed E-state index contributed by atoms with van der Waals surface area (Å²) < 4.78 is 5.77. The SMILES string of the molecule is CCC(C)(C)c1ccc(OCCCC[NH2+]C[C@H](C)O)c(Cl)c1. The monoisotopic (exact) mass is 328 g/mol. The van der Waals surface area contributed by atoms with E-state index in [1.807, 2.05) is 19.1 Å². The molecule has 0 unspecified atom stereocenters. The number of halogens is 1. The first-order chi connectivity index (χ1) is 10.4. The Hall–Kier alpha value is -0.770. The van der Waals surface area contributed by atoms with Crippen LogP contribution in [0.2, 0.25) is 5.02 Å². The Bertz CT molecular complexity index is 447. The summed E-state index contributed by atoms with van der Waals surface area (Å²) in [4.78, 5) is 0. The Morgan fingerprint density at radius 1 is 1.32 bits per heavy atom. The summed E-state index contributed by atoms with van der Waals surface area (Å²) in [6, 6.07) is 6.12. The number of nitrogens with two attached hydrogens (primary N) is 1. The van der Waals surface area contributed by atoms with Crippen LogP contribution >= 0.6 is 11.6 Å². The molecule has 1 rings (SSSR count). The minimum atomic E-state index is -0.235. The maximum atomic E-state index is 9.16. The van der Waals surface area contributed by atoms with Crippen LogP contribution in [0.5, 0.6) is 5.75 Å². The van der Waals surface area contributed by atoms with E-state index in [1.54, 1.807) is 0 Å². The molecule has 1 aromatic carbocycles. The molecule has 3 nitrogen and oxygen atoms in total. The lowest BCUT2D eigenvalue weighted by Gasteiger charge is -2.24. The van der Waals surface area contributed by atoms with E-state index in [1.165, 1.54) is 5.56 Å². The van der Waals surface area contributed by atoms with Crippen molar-refractivity contribution in [1.29, 1.82) is 0 Å². The van der Waals surface area contributed by atoms with Gasteiger partial charge in [0.05, 0.1) is 24.3 Å². The zero-order valence-corrected chi connectivity index (χ0v) is 15.1. The topological polar surface area (TPSA) is 46.1 Å². The molecular formula is C18H31ClNO2+. The fraction of sp³-hybridized carbons (Fsp3) is 0.667. The van der Waals surface area contributed by atoms with E-state index in [0.29, 0.717) is 11.6 Å². The quantitative estimate of drug-likeness (QED) is 0.648. The number of hydrogen-bond donors (Lipinski definition) is 2. The normalized spacial score (nSPS) is 13.2. The van der Waals surface area contributed by atoms with Crippen LogP contribution in [-0.2, 0) is 5.41 Å². The van der Waals surface area contributed by atoms with Crippen LogP contribution in [0.1, 0.15) is 52.5 Å². The van der Waals surface area contributed by atoms with E-state index in [4.69, 9.17) is 21.4 Å². The van der Waals surface area contributed by atoms with Gasteiger partial charge in [-0.05, 0) is 49.3 Å². The summed E-state index contributed by atoms with van der Waals surface area (Å²) in [5.41, 5.74) is 1.39. The second-order valence-electron chi connectivity index (χ2n) is 6.60. The van der Waals surface area contributed by atoms with Crippen LogP contribution in [0.4, 0.5) is 0 Å². The van der Waals surface area contributed by atoms with Crippen LogP contribution in [0.3, 0.4) is 0 Å². The Morgan fingerprint density at radius 2 is 2.05 bits per heavy atom. The number of rotatable bonds is 10. The molecule has 0 aliphatic carbocycles. The van der Waals surface area contributed by atoms with Gasteiger partial charge in [-0.1, -0.05) is 38.4 Å². The summed E-state index contributed by atoms with van der Waals surface area (Å²) in [7, 11) is 0. The molecule has 0 fully saturated rings. The molecule has 0 bridgehead atoms. The van der Waals surface area contributed by atoms with E-state index in [9.17, 15) is 0 Å². The van der Waals surface area contributed by atoms with Crippen LogP contribution in [0.25, 0.3) is 0 Å². The minimum absolute atomic E-state index is 0.141. The molecule has 0 aliphatic heterocycles. The Kier molecular flexibility index (Phi) is 8.23. The fourth-order valence-electron chi connectivity index (χ4n) is 2.17. The van der Waals surface area contributed by atoms with Crippen molar-refractivity contribution in [2.75, 3.05) is 19.7 Å². The van der Waals surface area contributed by atoms with E-state index in [-0.39, 0.29) is 11.5 Å². The molecule has 22 heavy (non-hydrogen) atoms. The number of hydrogen-bond acceptors (Lipinski definition) is 2. The van der Waals surface area contributed by atoms with Crippen LogP contribution in [0.15, 0.2) is 18.2 Å². The highest BCUT2D eigenvalue weighted by Gasteiger charge is 2.19. The van der Waals surface area contributed by atoms with Crippen LogP contribution < -0.4 is 10.1 Å². The number of aliphatic hydroxyl groups is 1. The standard InChI is InChI=1S/C18H30ClNO2/c1-5-18(3,4)15-8-9-17(16(19)12-15)22-11-7-6-10-20-13-14(2)21/h8-9,12,14,20-21H,5-7,10-11,13H2,1-4H3/p+1/t14-/m0/s1. The summed E-state index contributed by atoms with van der Waals surface area (Å²) >= 11 is 6.33. The van der Waals surface area contributed by atoms with E-state index < -0.39 is 0 Å². The van der Waals surface area contributed by atoms with Crippen LogP contribution in [0, 0.1) is 0 Å². The predicted octanol–water partition coefficient (Wildman–Crippen LogP) is 3.13. The smallest absolute Gasteiger partial charge is 0.137 e. The van der Waals surface area contributed by atoms with E-state index >= 15 is 0 Å². The highest BCUT2D eigenvalue weighted by Crippen LogP contribution is 2.33. The first kappa shape index (κ1) is 19.3. The van der Waals surface area contributed by atoms with Gasteiger partial charge in [0.1, 0.15) is 12.3 Å². The highest BCUT2D eigenvalue weighted by molar-refractivity contribution is 6.32. The van der Waals surface area contributed by atoms with Gasteiger partial charge in [-0.2, -0.15) is 0 Å². The molecule has 1 atom stereocenters. The van der Waals surface area contributed by atoms with Crippen molar-refractivity contribution in [3.63, 3.8) is 0 Å². The maximum absolute atomic E-state index is 9.16. The Morgan fingerprint density at radius 3 is 2.64 bits per heavy atom. The molecule has 126 valence electrons. The first-order valence-electron chi connectivity index (χ1n) is 8.29. The molecule has 0 heterocycles. The molecule has 1 aromatic rings. The highest BCUT2D eigenvalue weighted by atomic mass is 35.5. The molecule has 0 radical (unpaired) electrons. The lowest BCUT2D eigenvalue weighted by molar-refractivity contribution is -0.660. The Labute approximate surface area is 140 Å². The average molecular weight is 329 g/mol. The third kappa shape index (κ3) is 6.55. The second-order valence-corrected chi connectivity index (χ2v) is 7.01. The van der Waals surface area contributed by atoms with Gasteiger partial charge < -0.3 is 15.2 Å². The van der Waals surface area contributed by atoms with Gasteiger partial charge in [0.2, 0.25) is 0 Å². The molecule has 3 N–H and O–H groups in total. The van der Waals surface area contributed by atoms with Gasteiger partial charge >= 0.3 is 0 Å². The zero-order valence-electron chi connectivity index (χ0n) is 14.4. The largest absolute Gasteiger partial charge is 0.492 e. The Balaban J connectivity index is 2.35. The van der Waals surface area contributed by atoms with E-state index in [2.05, 4.69) is 32.2 Å². The molecule has 0 spiro atoms. The lowest BCUT2D eigenvalue weighted by atomic mass is 9.82. The molecule has 4 heteroatoms. The maximum Gasteiger partial charge on any atom is 0.137 e. The third-order valence-electron chi connectivity index (χ3n) is 4.17. The van der Waals surface area contributed by atoms with Gasteiger partial charge in [-0.15, -0.1) is 0 Å². The lowest BCUT2D eigenvalue weighted by Crippen LogP contribution is -2.86. The molecule has 0 aromatic heterocycles. The van der Waals surface area contributed by atoms with Crippen molar-refractivity contribution in [3.8, 4) is 5.75 Å². The third-order valence-corrected chi connectivity index (χ3v) is 4.46. The number of quaternary nitrogens is 1. The van der Waals surface area contributed by atoms with Crippen molar-refractivity contribution in [1.82, 2.24) is 0 Å². The molecule has 0 amide bonds. The molecule has 0 saturated carbocycles. The number of aliphatic hydroxyl groups excluding tert-OH is 1. The van der Waals surface area contributed by atoms with Crippen molar-refractivity contribution in [2.24, 2.45) is 0 Å². The average Bonchev–Trinajstić information content (AvgIpc) is 2.47. The van der Waals surface area contributed by atoms with Crippen molar-refractivity contribution >= 4 is 11.6 Å². The van der Waals surface area contributed by atoms with Gasteiger partial charge in [-0.25, -0.2) is 0 Å². The molecule has 0 saturated heterocycles. The van der Waals surface area contributed by atoms with Gasteiger partial charge in [0.25, 0.3) is 0 Å². The number of benzene rings is 1. The van der Waals surface area contributed by atoms with Gasteiger partial charge in [0.15, 0.2) is 0 Å². The summed E-state index contributed by atoms with van der Waals surface area (Å²) in [5, 5.41) is 12.0. The van der Waals surface area contributed by atoms with Crippen molar-refractivity contribution in [3.05, 3.63) is 28.8 Å². The predicted molar refractivity (Wildman–Crippen MR) is 92.8 cm³/mol. The fourth-order valence-corrected chi connectivity index (χ4v) is 2.41.